The molecule has 0 atom stereocenters. The molecule has 0 aliphatic heterocycles. The number of hydrogen-bond donors (Lipinski definition) is 0. The van der Waals surface area contributed by atoms with Crippen molar-refractivity contribution in [3.05, 3.63) is 29.0 Å². The van der Waals surface area contributed by atoms with Gasteiger partial charge in [0, 0.05) is 11.6 Å². The van der Waals surface area contributed by atoms with E-state index in [4.69, 9.17) is 16.3 Å². The standard InChI is InChI=1S/C14H18ClNO2/c1-2-18-14(17)11-8-6-10(7-9-11)12-4-3-5-13(15)16-12/h3-5,10-11H,2,6-9H2,1H3. The van der Waals surface area contributed by atoms with Crippen LogP contribution in [0.25, 0.3) is 0 Å². The van der Waals surface area contributed by atoms with Crippen LogP contribution < -0.4 is 0 Å². The first kappa shape index (κ1) is 13.3. The Balaban J connectivity index is 1.92. The van der Waals surface area contributed by atoms with Crippen LogP contribution in [0.3, 0.4) is 0 Å². The number of halogens is 1. The molecule has 1 heterocycles. The maximum Gasteiger partial charge on any atom is 0.308 e. The van der Waals surface area contributed by atoms with E-state index in [2.05, 4.69) is 4.98 Å². The molecule has 1 aliphatic carbocycles. The van der Waals surface area contributed by atoms with E-state index >= 15 is 0 Å². The Morgan fingerprint density at radius 2 is 2.11 bits per heavy atom. The molecular formula is C14H18ClNO2. The van der Waals surface area contributed by atoms with Crippen LogP contribution in [0.2, 0.25) is 5.15 Å². The van der Waals surface area contributed by atoms with E-state index in [1.165, 1.54) is 0 Å². The molecule has 0 radical (unpaired) electrons. The second kappa shape index (κ2) is 6.19. The van der Waals surface area contributed by atoms with Crippen LogP contribution in [0.15, 0.2) is 18.2 Å². The summed E-state index contributed by atoms with van der Waals surface area (Å²) in [6.07, 6.45) is 3.74. The van der Waals surface area contributed by atoms with Gasteiger partial charge in [0.15, 0.2) is 0 Å². The van der Waals surface area contributed by atoms with Crippen molar-refractivity contribution >= 4 is 17.6 Å². The van der Waals surface area contributed by atoms with Crippen molar-refractivity contribution in [3.63, 3.8) is 0 Å². The SMILES string of the molecule is CCOC(=O)C1CCC(c2cccc(Cl)n2)CC1. The van der Waals surface area contributed by atoms with Gasteiger partial charge in [-0.1, -0.05) is 17.7 Å². The van der Waals surface area contributed by atoms with Crippen LogP contribution in [-0.2, 0) is 9.53 Å². The summed E-state index contributed by atoms with van der Waals surface area (Å²) in [5, 5.41) is 0.542. The molecule has 3 nitrogen and oxygen atoms in total. The Labute approximate surface area is 113 Å². The molecule has 1 saturated carbocycles. The molecule has 1 fully saturated rings. The van der Waals surface area contributed by atoms with Gasteiger partial charge in [-0.05, 0) is 44.7 Å². The van der Waals surface area contributed by atoms with Crippen molar-refractivity contribution in [2.24, 2.45) is 5.92 Å². The molecule has 18 heavy (non-hydrogen) atoms. The van der Waals surface area contributed by atoms with Crippen LogP contribution in [0, 0.1) is 5.92 Å². The molecule has 0 saturated heterocycles. The summed E-state index contributed by atoms with van der Waals surface area (Å²) in [5.41, 5.74) is 1.05. The Morgan fingerprint density at radius 3 is 2.72 bits per heavy atom. The van der Waals surface area contributed by atoms with Crippen LogP contribution >= 0.6 is 11.6 Å². The second-order valence-electron chi connectivity index (χ2n) is 4.69. The van der Waals surface area contributed by atoms with E-state index in [1.54, 1.807) is 6.07 Å². The van der Waals surface area contributed by atoms with E-state index in [-0.39, 0.29) is 11.9 Å². The van der Waals surface area contributed by atoms with Crippen LogP contribution in [-0.4, -0.2) is 17.6 Å². The van der Waals surface area contributed by atoms with Gasteiger partial charge in [0.25, 0.3) is 0 Å². The lowest BCUT2D eigenvalue weighted by Gasteiger charge is -2.26. The van der Waals surface area contributed by atoms with E-state index < -0.39 is 0 Å². The van der Waals surface area contributed by atoms with Gasteiger partial charge < -0.3 is 4.74 Å². The second-order valence-corrected chi connectivity index (χ2v) is 5.07. The number of aromatic nitrogens is 1. The van der Waals surface area contributed by atoms with Gasteiger partial charge in [0.1, 0.15) is 5.15 Å². The topological polar surface area (TPSA) is 39.2 Å². The molecule has 0 bridgehead atoms. The van der Waals surface area contributed by atoms with E-state index in [1.807, 2.05) is 19.1 Å². The highest BCUT2D eigenvalue weighted by atomic mass is 35.5. The van der Waals surface area contributed by atoms with Crippen LogP contribution in [0.4, 0.5) is 0 Å². The first-order valence-corrected chi connectivity index (χ1v) is 6.87. The molecule has 0 N–H and O–H groups in total. The Hall–Kier alpha value is -1.09. The van der Waals surface area contributed by atoms with Gasteiger partial charge in [-0.15, -0.1) is 0 Å². The van der Waals surface area contributed by atoms with Crippen LogP contribution in [0.1, 0.15) is 44.2 Å². The predicted molar refractivity (Wildman–Crippen MR) is 70.6 cm³/mol. The fraction of sp³-hybridized carbons (Fsp3) is 0.571. The zero-order chi connectivity index (χ0) is 13.0. The third kappa shape index (κ3) is 3.22. The first-order chi connectivity index (χ1) is 8.70. The third-order valence-corrected chi connectivity index (χ3v) is 3.71. The maximum atomic E-state index is 11.6. The van der Waals surface area contributed by atoms with Crippen molar-refractivity contribution in [1.82, 2.24) is 4.98 Å². The lowest BCUT2D eigenvalue weighted by atomic mass is 9.80. The number of nitrogens with zero attached hydrogens (tertiary/aromatic N) is 1. The molecule has 1 aromatic rings. The van der Waals surface area contributed by atoms with Gasteiger partial charge in [0.2, 0.25) is 0 Å². The van der Waals surface area contributed by atoms with Crippen molar-refractivity contribution < 1.29 is 9.53 Å². The van der Waals surface area contributed by atoms with E-state index in [9.17, 15) is 4.79 Å². The largest absolute Gasteiger partial charge is 0.466 e. The molecule has 1 aliphatic rings. The minimum atomic E-state index is -0.0463. The van der Waals surface area contributed by atoms with Gasteiger partial charge >= 0.3 is 5.97 Å². The average molecular weight is 268 g/mol. The van der Waals surface area contributed by atoms with Gasteiger partial charge in [-0.2, -0.15) is 0 Å². The Bertz CT molecular complexity index is 414. The minimum absolute atomic E-state index is 0.0463. The number of ether oxygens (including phenoxy) is 1. The summed E-state index contributed by atoms with van der Waals surface area (Å²) in [5.74, 6) is 0.449. The summed E-state index contributed by atoms with van der Waals surface area (Å²) in [6, 6.07) is 5.73. The third-order valence-electron chi connectivity index (χ3n) is 3.50. The monoisotopic (exact) mass is 267 g/mol. The van der Waals surface area contributed by atoms with E-state index in [0.29, 0.717) is 17.7 Å². The number of carbonyl (C=O) groups excluding carboxylic acids is 1. The quantitative estimate of drug-likeness (QED) is 0.621. The van der Waals surface area contributed by atoms with Crippen molar-refractivity contribution in [1.29, 1.82) is 0 Å². The fourth-order valence-corrected chi connectivity index (χ4v) is 2.71. The number of rotatable bonds is 3. The highest BCUT2D eigenvalue weighted by Gasteiger charge is 2.28. The molecule has 0 spiro atoms. The average Bonchev–Trinajstić information content (AvgIpc) is 2.39. The van der Waals surface area contributed by atoms with E-state index in [0.717, 1.165) is 31.4 Å². The summed E-state index contributed by atoms with van der Waals surface area (Å²) >= 11 is 5.90. The summed E-state index contributed by atoms with van der Waals surface area (Å²) in [6.45, 7) is 2.31. The van der Waals surface area contributed by atoms with Gasteiger partial charge in [-0.25, -0.2) is 4.98 Å². The molecule has 2 rings (SSSR count). The lowest BCUT2D eigenvalue weighted by molar-refractivity contribution is -0.149. The molecule has 98 valence electrons. The summed E-state index contributed by atoms with van der Waals surface area (Å²) in [4.78, 5) is 16.0. The lowest BCUT2D eigenvalue weighted by Crippen LogP contribution is -2.23. The molecule has 0 amide bonds. The zero-order valence-corrected chi connectivity index (χ0v) is 11.3. The van der Waals surface area contributed by atoms with Gasteiger partial charge in [-0.3, -0.25) is 4.79 Å². The summed E-state index contributed by atoms with van der Waals surface area (Å²) < 4.78 is 5.07. The fourth-order valence-electron chi connectivity index (χ4n) is 2.54. The highest BCUT2D eigenvalue weighted by Crippen LogP contribution is 2.35. The molecule has 1 aromatic heterocycles. The number of hydrogen-bond acceptors (Lipinski definition) is 3. The number of carbonyl (C=O) groups is 1. The number of pyridine rings is 1. The normalized spacial score (nSPS) is 23.7. The van der Waals surface area contributed by atoms with Crippen molar-refractivity contribution in [3.8, 4) is 0 Å². The molecule has 0 aromatic carbocycles. The molecule has 4 heteroatoms. The Kier molecular flexibility index (Phi) is 4.59. The molecular weight excluding hydrogens is 250 g/mol. The first-order valence-electron chi connectivity index (χ1n) is 6.49. The van der Waals surface area contributed by atoms with Crippen molar-refractivity contribution in [2.45, 2.75) is 38.5 Å². The smallest absolute Gasteiger partial charge is 0.308 e. The Morgan fingerprint density at radius 1 is 1.39 bits per heavy atom. The predicted octanol–water partition coefficient (Wildman–Crippen LogP) is 3.57. The number of esters is 1. The molecule has 0 unspecified atom stereocenters. The summed E-state index contributed by atoms with van der Waals surface area (Å²) in [7, 11) is 0. The van der Waals surface area contributed by atoms with Gasteiger partial charge in [0.05, 0.1) is 12.5 Å². The van der Waals surface area contributed by atoms with Crippen molar-refractivity contribution in [2.75, 3.05) is 6.61 Å². The minimum Gasteiger partial charge on any atom is -0.466 e. The van der Waals surface area contributed by atoms with Crippen LogP contribution in [0.5, 0.6) is 0 Å². The highest BCUT2D eigenvalue weighted by molar-refractivity contribution is 6.29. The zero-order valence-electron chi connectivity index (χ0n) is 10.6. The maximum absolute atomic E-state index is 11.6.